The molecule has 0 unspecified atom stereocenters. The highest BCUT2D eigenvalue weighted by atomic mass is 19.1. The predicted octanol–water partition coefficient (Wildman–Crippen LogP) is 1.91. The van der Waals surface area contributed by atoms with Crippen molar-refractivity contribution in [1.29, 1.82) is 5.26 Å². The van der Waals surface area contributed by atoms with Crippen molar-refractivity contribution in [2.45, 2.75) is 18.9 Å². The van der Waals surface area contributed by atoms with E-state index in [1.54, 1.807) is 30.4 Å². The van der Waals surface area contributed by atoms with Gasteiger partial charge in [-0.15, -0.1) is 0 Å². The van der Waals surface area contributed by atoms with E-state index in [1.165, 1.54) is 16.7 Å². The normalized spacial score (nSPS) is 14.2. The van der Waals surface area contributed by atoms with Crippen LogP contribution in [0, 0.1) is 17.1 Å². The minimum atomic E-state index is -0.673. The Morgan fingerprint density at radius 3 is 2.42 bits per heavy atom. The van der Waals surface area contributed by atoms with Crippen LogP contribution in [-0.2, 0) is 7.05 Å². The fraction of sp³-hybridized carbons (Fsp3) is 0.348. The first-order valence-electron chi connectivity index (χ1n) is 10.6. The van der Waals surface area contributed by atoms with Gasteiger partial charge in [0, 0.05) is 63.8 Å². The van der Waals surface area contributed by atoms with E-state index in [0.29, 0.717) is 41.8 Å². The van der Waals surface area contributed by atoms with Crippen molar-refractivity contribution < 1.29 is 4.39 Å². The molecule has 0 spiro atoms. The summed E-state index contributed by atoms with van der Waals surface area (Å²) in [5.41, 5.74) is 7.12. The van der Waals surface area contributed by atoms with Gasteiger partial charge in [0.25, 0.3) is 5.56 Å². The lowest BCUT2D eigenvalue weighted by Gasteiger charge is -2.32. The third-order valence-corrected chi connectivity index (χ3v) is 5.78. The van der Waals surface area contributed by atoms with Crippen molar-refractivity contribution >= 4 is 11.9 Å². The zero-order chi connectivity index (χ0) is 23.7. The van der Waals surface area contributed by atoms with Gasteiger partial charge in [-0.05, 0) is 25.0 Å². The van der Waals surface area contributed by atoms with E-state index in [-0.39, 0.29) is 22.7 Å². The SMILES string of the molecule is CN(C)c1ncc(-c2c(-c3ccc(C#N)c(F)c3)nc(N3CCC(N)CC3)n(C)c2=O)cn1. The van der Waals surface area contributed by atoms with E-state index in [1.807, 2.05) is 25.1 Å². The topological polar surface area (TPSA) is 117 Å². The zero-order valence-electron chi connectivity index (χ0n) is 18.8. The largest absolute Gasteiger partial charge is 0.347 e. The van der Waals surface area contributed by atoms with Crippen LogP contribution in [0.4, 0.5) is 16.3 Å². The number of rotatable bonds is 4. The Morgan fingerprint density at radius 2 is 1.85 bits per heavy atom. The Morgan fingerprint density at radius 1 is 1.18 bits per heavy atom. The molecule has 4 rings (SSSR count). The minimum absolute atomic E-state index is 0.0759. The molecule has 3 aromatic rings. The molecular weight excluding hydrogens is 423 g/mol. The van der Waals surface area contributed by atoms with Crippen LogP contribution in [-0.4, -0.2) is 52.7 Å². The first-order valence-corrected chi connectivity index (χ1v) is 10.6. The third kappa shape index (κ3) is 4.27. The number of piperidine rings is 1. The van der Waals surface area contributed by atoms with E-state index in [9.17, 15) is 9.18 Å². The summed E-state index contributed by atoms with van der Waals surface area (Å²) < 4.78 is 16.0. The average molecular weight is 449 g/mol. The van der Waals surface area contributed by atoms with Gasteiger partial charge in [0.1, 0.15) is 11.9 Å². The van der Waals surface area contributed by atoms with Gasteiger partial charge in [0.05, 0.1) is 16.8 Å². The smallest absolute Gasteiger partial charge is 0.263 e. The van der Waals surface area contributed by atoms with E-state index in [4.69, 9.17) is 16.0 Å². The average Bonchev–Trinajstić information content (AvgIpc) is 2.81. The van der Waals surface area contributed by atoms with Crippen LogP contribution in [0.1, 0.15) is 18.4 Å². The van der Waals surface area contributed by atoms with Crippen LogP contribution in [0.25, 0.3) is 22.4 Å². The summed E-state index contributed by atoms with van der Waals surface area (Å²) in [6.07, 6.45) is 4.70. The second kappa shape index (κ2) is 8.96. The first-order chi connectivity index (χ1) is 15.8. The van der Waals surface area contributed by atoms with Gasteiger partial charge in [-0.3, -0.25) is 9.36 Å². The molecule has 33 heavy (non-hydrogen) atoms. The fourth-order valence-corrected chi connectivity index (χ4v) is 3.88. The van der Waals surface area contributed by atoms with Gasteiger partial charge in [-0.1, -0.05) is 6.07 Å². The van der Waals surface area contributed by atoms with Crippen LogP contribution in [0.2, 0.25) is 0 Å². The quantitative estimate of drug-likeness (QED) is 0.643. The fourth-order valence-electron chi connectivity index (χ4n) is 3.88. The maximum atomic E-state index is 14.5. The summed E-state index contributed by atoms with van der Waals surface area (Å²) >= 11 is 0. The van der Waals surface area contributed by atoms with Gasteiger partial charge < -0.3 is 15.5 Å². The molecule has 1 aliphatic heterocycles. The van der Waals surface area contributed by atoms with Crippen LogP contribution < -0.4 is 21.1 Å². The van der Waals surface area contributed by atoms with Crippen LogP contribution in [0.15, 0.2) is 35.4 Å². The van der Waals surface area contributed by atoms with Gasteiger partial charge in [-0.2, -0.15) is 5.26 Å². The van der Waals surface area contributed by atoms with Crippen molar-refractivity contribution in [3.8, 4) is 28.5 Å². The molecule has 10 heteroatoms. The number of hydrogen-bond acceptors (Lipinski definition) is 8. The number of benzene rings is 1. The Kier molecular flexibility index (Phi) is 6.07. The molecule has 0 aliphatic carbocycles. The zero-order valence-corrected chi connectivity index (χ0v) is 18.8. The summed E-state index contributed by atoms with van der Waals surface area (Å²) in [5.74, 6) is 0.310. The Labute approximate surface area is 190 Å². The molecule has 1 aromatic carbocycles. The number of nitriles is 1. The Hall–Kier alpha value is -3.84. The molecule has 0 amide bonds. The maximum Gasteiger partial charge on any atom is 0.263 e. The number of anilines is 2. The van der Waals surface area contributed by atoms with Crippen molar-refractivity contribution in [2.75, 3.05) is 37.0 Å². The Balaban J connectivity index is 1.93. The monoisotopic (exact) mass is 448 g/mol. The second-order valence-electron chi connectivity index (χ2n) is 8.30. The summed E-state index contributed by atoms with van der Waals surface area (Å²) in [4.78, 5) is 30.8. The van der Waals surface area contributed by atoms with Crippen LogP contribution in [0.3, 0.4) is 0 Å². The number of nitrogens with zero attached hydrogens (tertiary/aromatic N) is 7. The highest BCUT2D eigenvalue weighted by Gasteiger charge is 2.25. The van der Waals surface area contributed by atoms with E-state index < -0.39 is 5.82 Å². The Bertz CT molecular complexity index is 1270. The van der Waals surface area contributed by atoms with Gasteiger partial charge >= 0.3 is 0 Å². The summed E-state index contributed by atoms with van der Waals surface area (Å²) in [6.45, 7) is 1.34. The molecular formula is C23H25FN8O. The maximum absolute atomic E-state index is 14.5. The van der Waals surface area contributed by atoms with E-state index in [0.717, 1.165) is 12.8 Å². The van der Waals surface area contributed by atoms with Gasteiger partial charge in [0.15, 0.2) is 0 Å². The molecule has 0 bridgehead atoms. The molecule has 1 fully saturated rings. The number of aromatic nitrogens is 4. The standard InChI is InChI=1S/C23H25FN8O/c1-30(2)22-27-12-16(13-28-22)19-20(14-4-5-15(11-25)18(24)10-14)29-23(31(3)21(19)33)32-8-6-17(26)7-9-32/h4-5,10,12-13,17H,6-9,26H2,1-3H3. The lowest BCUT2D eigenvalue weighted by molar-refractivity contribution is 0.490. The number of halogens is 1. The van der Waals surface area contributed by atoms with Crippen LogP contribution >= 0.6 is 0 Å². The molecule has 0 saturated carbocycles. The van der Waals surface area contributed by atoms with E-state index >= 15 is 0 Å². The van der Waals surface area contributed by atoms with Crippen molar-refractivity contribution in [3.05, 3.63) is 52.3 Å². The molecule has 1 aliphatic rings. The second-order valence-corrected chi connectivity index (χ2v) is 8.30. The van der Waals surface area contributed by atoms with Crippen LogP contribution in [0.5, 0.6) is 0 Å². The summed E-state index contributed by atoms with van der Waals surface area (Å²) in [5, 5.41) is 9.10. The number of hydrogen-bond donors (Lipinski definition) is 1. The molecule has 3 heterocycles. The lowest BCUT2D eigenvalue weighted by Crippen LogP contribution is -2.42. The third-order valence-electron chi connectivity index (χ3n) is 5.78. The predicted molar refractivity (Wildman–Crippen MR) is 124 cm³/mol. The first kappa shape index (κ1) is 22.4. The number of nitrogens with two attached hydrogens (primary N) is 1. The van der Waals surface area contributed by atoms with Gasteiger partial charge in [0.2, 0.25) is 11.9 Å². The van der Waals surface area contributed by atoms with Crippen molar-refractivity contribution in [2.24, 2.45) is 12.8 Å². The highest BCUT2D eigenvalue weighted by Crippen LogP contribution is 2.31. The van der Waals surface area contributed by atoms with Gasteiger partial charge in [-0.25, -0.2) is 19.3 Å². The van der Waals surface area contributed by atoms with Crippen molar-refractivity contribution in [3.63, 3.8) is 0 Å². The molecule has 170 valence electrons. The summed E-state index contributed by atoms with van der Waals surface area (Å²) in [7, 11) is 5.31. The minimum Gasteiger partial charge on any atom is -0.347 e. The molecule has 0 atom stereocenters. The van der Waals surface area contributed by atoms with E-state index in [2.05, 4.69) is 9.97 Å². The molecule has 9 nitrogen and oxygen atoms in total. The lowest BCUT2D eigenvalue weighted by atomic mass is 10.0. The molecule has 2 N–H and O–H groups in total. The summed E-state index contributed by atoms with van der Waals surface area (Å²) in [6, 6.07) is 6.15. The molecule has 0 radical (unpaired) electrons. The van der Waals surface area contributed by atoms with Crippen molar-refractivity contribution in [1.82, 2.24) is 19.5 Å². The molecule has 1 saturated heterocycles. The highest BCUT2D eigenvalue weighted by molar-refractivity contribution is 5.80. The molecule has 2 aromatic heterocycles.